The van der Waals surface area contributed by atoms with E-state index >= 15 is 0 Å². The first-order chi connectivity index (χ1) is 12.5. The van der Waals surface area contributed by atoms with Crippen LogP contribution in [0.15, 0.2) is 48.5 Å². The van der Waals surface area contributed by atoms with Crippen molar-refractivity contribution in [2.45, 2.75) is 12.8 Å². The second-order valence-corrected chi connectivity index (χ2v) is 6.41. The van der Waals surface area contributed by atoms with Gasteiger partial charge in [-0.15, -0.1) is 0 Å². The molecule has 0 aliphatic rings. The van der Waals surface area contributed by atoms with Gasteiger partial charge in [0.15, 0.2) is 0 Å². The molecule has 0 aromatic heterocycles. The van der Waals surface area contributed by atoms with Crippen LogP contribution in [-0.4, -0.2) is 51.3 Å². The average molecular weight is 359 g/mol. The highest BCUT2D eigenvalue weighted by Crippen LogP contribution is 2.26. The third-order valence-electron chi connectivity index (χ3n) is 4.09. The maximum Gasteiger partial charge on any atom is 0.313 e. The zero-order valence-corrected chi connectivity index (χ0v) is 15.6. The van der Waals surface area contributed by atoms with Gasteiger partial charge in [-0.1, -0.05) is 42.5 Å². The Morgan fingerprint density at radius 3 is 2.46 bits per heavy atom. The number of carbonyl (C=O) groups excluding carboxylic acids is 1. The molecule has 0 fully saturated rings. The average Bonchev–Trinajstić information content (AvgIpc) is 2.64. The number of esters is 1. The fraction of sp³-hybridized carbons (Fsp3) is 0.381. The summed E-state index contributed by atoms with van der Waals surface area (Å²) < 4.78 is 25.0. The Morgan fingerprint density at radius 2 is 1.81 bits per heavy atom. The summed E-state index contributed by atoms with van der Waals surface area (Å²) in [6.45, 7) is 3.67. The van der Waals surface area contributed by atoms with Crippen LogP contribution in [-0.2, 0) is 14.3 Å². The third kappa shape index (κ3) is 5.93. The predicted octanol–water partition coefficient (Wildman–Crippen LogP) is 3.72. The van der Waals surface area contributed by atoms with Crippen molar-refractivity contribution in [1.29, 1.82) is 0 Å². The van der Waals surface area contributed by atoms with Crippen molar-refractivity contribution in [2.75, 3.05) is 40.5 Å². The molecule has 0 saturated carbocycles. The van der Waals surface area contributed by atoms with Crippen molar-refractivity contribution in [3.8, 4) is 11.1 Å². The molecule has 26 heavy (non-hydrogen) atoms. The van der Waals surface area contributed by atoms with Crippen LogP contribution >= 0.6 is 0 Å². The summed E-state index contributed by atoms with van der Waals surface area (Å²) in [5.41, 5.74) is 1.92. The van der Waals surface area contributed by atoms with Crippen molar-refractivity contribution < 1.29 is 18.7 Å². The quantitative estimate of drug-likeness (QED) is 0.505. The number of carbonyl (C=O) groups is 1. The molecule has 0 heterocycles. The summed E-state index contributed by atoms with van der Waals surface area (Å²) >= 11 is 0. The summed E-state index contributed by atoms with van der Waals surface area (Å²) in [5.74, 6) is -1.26. The van der Waals surface area contributed by atoms with Gasteiger partial charge >= 0.3 is 5.97 Å². The van der Waals surface area contributed by atoms with Gasteiger partial charge in [0, 0.05) is 12.1 Å². The minimum Gasteiger partial charge on any atom is -0.463 e. The molecule has 0 bridgehead atoms. The van der Waals surface area contributed by atoms with E-state index in [0.29, 0.717) is 24.3 Å². The topological polar surface area (TPSA) is 38.8 Å². The van der Waals surface area contributed by atoms with Crippen LogP contribution in [0.4, 0.5) is 4.39 Å². The van der Waals surface area contributed by atoms with E-state index in [1.54, 1.807) is 19.1 Å². The fourth-order valence-corrected chi connectivity index (χ4v) is 2.46. The normalized spacial score (nSPS) is 12.2. The van der Waals surface area contributed by atoms with Gasteiger partial charge in [0.1, 0.15) is 12.4 Å². The molecule has 0 N–H and O–H groups in total. The standard InChI is InChI=1S/C21H26FNO3/c1-16(21(24)26-14-13-25-12-11-23(2)3)18-9-10-19(20(22)15-18)17-7-5-4-6-8-17/h4-10,15-16H,11-14H2,1-3H3/t16-/m1/s1. The number of hydrogen-bond donors (Lipinski definition) is 0. The molecular weight excluding hydrogens is 333 g/mol. The number of benzene rings is 2. The van der Waals surface area contributed by atoms with E-state index < -0.39 is 5.92 Å². The van der Waals surface area contributed by atoms with Gasteiger partial charge < -0.3 is 14.4 Å². The molecule has 0 aliphatic heterocycles. The first kappa shape index (κ1) is 20.1. The molecule has 5 heteroatoms. The molecule has 2 rings (SSSR count). The van der Waals surface area contributed by atoms with E-state index in [9.17, 15) is 9.18 Å². The summed E-state index contributed by atoms with van der Waals surface area (Å²) in [5, 5.41) is 0. The number of halogens is 1. The maximum atomic E-state index is 14.4. The second-order valence-electron chi connectivity index (χ2n) is 6.41. The lowest BCUT2D eigenvalue weighted by molar-refractivity contribution is -0.146. The molecule has 1 atom stereocenters. The van der Waals surface area contributed by atoms with E-state index in [-0.39, 0.29) is 18.4 Å². The number of nitrogens with zero attached hydrogens (tertiary/aromatic N) is 1. The predicted molar refractivity (Wildman–Crippen MR) is 101 cm³/mol. The van der Waals surface area contributed by atoms with E-state index in [0.717, 1.165) is 12.1 Å². The smallest absolute Gasteiger partial charge is 0.313 e. The molecule has 0 radical (unpaired) electrons. The lowest BCUT2D eigenvalue weighted by atomic mass is 9.97. The molecule has 0 unspecified atom stereocenters. The Labute approximate surface area is 154 Å². The van der Waals surface area contributed by atoms with Gasteiger partial charge in [-0.2, -0.15) is 0 Å². The van der Waals surface area contributed by atoms with Crippen LogP contribution < -0.4 is 0 Å². The fourth-order valence-electron chi connectivity index (χ4n) is 2.46. The number of ether oxygens (including phenoxy) is 2. The van der Waals surface area contributed by atoms with Crippen molar-refractivity contribution in [2.24, 2.45) is 0 Å². The first-order valence-electron chi connectivity index (χ1n) is 8.73. The van der Waals surface area contributed by atoms with E-state index in [1.807, 2.05) is 49.3 Å². The Balaban J connectivity index is 1.87. The van der Waals surface area contributed by atoms with Gasteiger partial charge in [-0.05, 0) is 38.2 Å². The summed E-state index contributed by atoms with van der Waals surface area (Å²) in [6.07, 6.45) is 0. The van der Waals surface area contributed by atoms with Gasteiger partial charge in [0.25, 0.3) is 0 Å². The van der Waals surface area contributed by atoms with Gasteiger partial charge in [-0.25, -0.2) is 4.39 Å². The monoisotopic (exact) mass is 359 g/mol. The van der Waals surface area contributed by atoms with Crippen LogP contribution in [0, 0.1) is 5.82 Å². The molecule has 4 nitrogen and oxygen atoms in total. The Kier molecular flexibility index (Phi) is 7.75. The summed E-state index contributed by atoms with van der Waals surface area (Å²) in [4.78, 5) is 14.2. The SMILES string of the molecule is C[C@@H](C(=O)OCCOCCN(C)C)c1ccc(-c2ccccc2)c(F)c1. The highest BCUT2D eigenvalue weighted by atomic mass is 19.1. The molecular formula is C21H26FNO3. The Bertz CT molecular complexity index is 704. The van der Waals surface area contributed by atoms with Crippen molar-refractivity contribution in [3.63, 3.8) is 0 Å². The van der Waals surface area contributed by atoms with Gasteiger partial charge in [-0.3, -0.25) is 4.79 Å². The summed E-state index contributed by atoms with van der Waals surface area (Å²) in [6, 6.07) is 14.2. The van der Waals surface area contributed by atoms with E-state index in [1.165, 1.54) is 6.07 Å². The van der Waals surface area contributed by atoms with Crippen molar-refractivity contribution in [1.82, 2.24) is 4.90 Å². The molecule has 2 aromatic rings. The summed E-state index contributed by atoms with van der Waals surface area (Å²) in [7, 11) is 3.93. The minimum absolute atomic E-state index is 0.196. The zero-order valence-electron chi connectivity index (χ0n) is 15.6. The Morgan fingerprint density at radius 1 is 1.08 bits per heavy atom. The van der Waals surface area contributed by atoms with E-state index in [2.05, 4.69) is 0 Å². The second kappa shape index (κ2) is 10.0. The third-order valence-corrected chi connectivity index (χ3v) is 4.09. The molecule has 0 saturated heterocycles. The lowest BCUT2D eigenvalue weighted by Crippen LogP contribution is -2.20. The minimum atomic E-state index is -0.531. The van der Waals surface area contributed by atoms with Crippen LogP contribution in [0.1, 0.15) is 18.4 Å². The van der Waals surface area contributed by atoms with Crippen LogP contribution in [0.2, 0.25) is 0 Å². The number of likely N-dealkylation sites (N-methyl/N-ethyl adjacent to an activating group) is 1. The van der Waals surface area contributed by atoms with Crippen LogP contribution in [0.25, 0.3) is 11.1 Å². The van der Waals surface area contributed by atoms with Crippen LogP contribution in [0.5, 0.6) is 0 Å². The molecule has 0 aliphatic carbocycles. The Hall–Kier alpha value is -2.24. The molecule has 0 spiro atoms. The van der Waals surface area contributed by atoms with Gasteiger partial charge in [0.05, 0.1) is 19.1 Å². The zero-order chi connectivity index (χ0) is 18.9. The van der Waals surface area contributed by atoms with Crippen LogP contribution in [0.3, 0.4) is 0 Å². The first-order valence-corrected chi connectivity index (χ1v) is 8.73. The molecule has 0 amide bonds. The maximum absolute atomic E-state index is 14.4. The van der Waals surface area contributed by atoms with Gasteiger partial charge in [0.2, 0.25) is 0 Å². The van der Waals surface area contributed by atoms with Crippen molar-refractivity contribution in [3.05, 3.63) is 59.9 Å². The highest BCUT2D eigenvalue weighted by molar-refractivity contribution is 5.78. The van der Waals surface area contributed by atoms with Crippen molar-refractivity contribution >= 4 is 5.97 Å². The number of rotatable bonds is 9. The number of hydrogen-bond acceptors (Lipinski definition) is 4. The highest BCUT2D eigenvalue weighted by Gasteiger charge is 2.18. The lowest BCUT2D eigenvalue weighted by Gasteiger charge is -2.14. The molecule has 2 aromatic carbocycles. The van der Waals surface area contributed by atoms with E-state index in [4.69, 9.17) is 9.47 Å². The largest absolute Gasteiger partial charge is 0.463 e. The molecule has 140 valence electrons.